The number of halogens is 1. The van der Waals surface area contributed by atoms with Gasteiger partial charge in [0.05, 0.1) is 23.3 Å². The number of fused-ring (bicyclic) bond motifs is 1. The van der Waals surface area contributed by atoms with Crippen molar-refractivity contribution in [2.45, 2.75) is 71.4 Å². The maximum Gasteiger partial charge on any atom is 0.328 e. The van der Waals surface area contributed by atoms with Crippen LogP contribution in [0.25, 0.3) is 0 Å². The molecular weight excluding hydrogens is 530 g/mol. The van der Waals surface area contributed by atoms with Crippen molar-refractivity contribution in [3.8, 4) is 17.6 Å². The molecule has 0 bridgehead atoms. The van der Waals surface area contributed by atoms with E-state index in [9.17, 15) is 15.2 Å². The zero-order valence-corrected chi connectivity index (χ0v) is 23.9. The van der Waals surface area contributed by atoms with Gasteiger partial charge < -0.3 is 19.3 Å². The molecule has 40 heavy (non-hydrogen) atoms. The Morgan fingerprint density at radius 1 is 1.27 bits per heavy atom. The van der Waals surface area contributed by atoms with E-state index in [1.807, 2.05) is 6.07 Å². The summed E-state index contributed by atoms with van der Waals surface area (Å²) in [7, 11) is 0. The van der Waals surface area contributed by atoms with Crippen LogP contribution in [0.5, 0.6) is 11.5 Å². The Kier molecular flexibility index (Phi) is 9.31. The number of ether oxygens (including phenoxy) is 3. The second-order valence-electron chi connectivity index (χ2n) is 10.5. The topological polar surface area (TPSA) is 114 Å². The minimum absolute atomic E-state index is 0.135. The van der Waals surface area contributed by atoms with Gasteiger partial charge >= 0.3 is 5.97 Å². The predicted octanol–water partition coefficient (Wildman–Crippen LogP) is 5.35. The summed E-state index contributed by atoms with van der Waals surface area (Å²) in [5.74, 6) is 0.398. The number of nitrogens with zero attached hydrogens (tertiary/aromatic N) is 2. The normalized spacial score (nSPS) is 15.7. The fraction of sp³-hybridized carbons (Fsp3) is 0.387. The van der Waals surface area contributed by atoms with Crippen molar-refractivity contribution in [1.29, 1.82) is 5.26 Å². The molecule has 1 aliphatic carbocycles. The minimum atomic E-state index is -1.33. The number of nitrogens with one attached hydrogen (secondary N) is 1. The van der Waals surface area contributed by atoms with E-state index in [1.165, 1.54) is 17.3 Å². The molecule has 0 aliphatic heterocycles. The lowest BCUT2D eigenvalue weighted by molar-refractivity contribution is -0.156. The van der Waals surface area contributed by atoms with Crippen LogP contribution in [0, 0.1) is 18.3 Å². The Labute approximate surface area is 239 Å². The summed E-state index contributed by atoms with van der Waals surface area (Å²) in [5.41, 5.74) is 4.18. The van der Waals surface area contributed by atoms with E-state index in [2.05, 4.69) is 35.4 Å². The Morgan fingerprint density at radius 2 is 2.08 bits per heavy atom. The van der Waals surface area contributed by atoms with Gasteiger partial charge in [0.2, 0.25) is 0 Å². The Balaban J connectivity index is 1.61. The number of aromatic nitrogens is 1. The van der Waals surface area contributed by atoms with Crippen molar-refractivity contribution < 1.29 is 24.1 Å². The van der Waals surface area contributed by atoms with Crippen molar-refractivity contribution >= 4 is 17.6 Å². The van der Waals surface area contributed by atoms with Gasteiger partial charge in [0.15, 0.2) is 0 Å². The van der Waals surface area contributed by atoms with Gasteiger partial charge in [-0.15, -0.1) is 0 Å². The first-order valence-corrected chi connectivity index (χ1v) is 13.6. The molecule has 3 aromatic rings. The highest BCUT2D eigenvalue weighted by Crippen LogP contribution is 2.41. The number of hydrogen-bond donors (Lipinski definition) is 2. The summed E-state index contributed by atoms with van der Waals surface area (Å²) in [6.07, 6.45) is 4.44. The standard InChI is InChI=1S/C31H34ClN3O5/c1-19(2)39-30(37)31(4,18-36)35-16-23-11-26(32)29(40-27-9-8-24-20(3)6-5-7-25(24)27)12-28(23)38-17-22-10-21(13-33)14-34-15-22/h5-7,10-12,14-15,19,27,35-36H,8-9,16-18H2,1-4H3/t27-,31-/m0/s1. The first-order chi connectivity index (χ1) is 19.1. The highest BCUT2D eigenvalue weighted by Gasteiger charge is 2.35. The van der Waals surface area contributed by atoms with E-state index in [0.717, 1.165) is 24.0 Å². The van der Waals surface area contributed by atoms with Gasteiger partial charge in [0.1, 0.15) is 35.8 Å². The van der Waals surface area contributed by atoms with E-state index in [0.29, 0.717) is 27.6 Å². The summed E-state index contributed by atoms with van der Waals surface area (Å²) in [6.45, 7) is 7.03. The van der Waals surface area contributed by atoms with E-state index >= 15 is 0 Å². The van der Waals surface area contributed by atoms with Crippen LogP contribution in [0.3, 0.4) is 0 Å². The zero-order chi connectivity index (χ0) is 28.9. The van der Waals surface area contributed by atoms with Crippen molar-refractivity contribution in [3.05, 3.63) is 87.2 Å². The second kappa shape index (κ2) is 12.7. The van der Waals surface area contributed by atoms with Crippen LogP contribution < -0.4 is 14.8 Å². The molecule has 0 unspecified atom stereocenters. The Bertz CT molecular complexity index is 1420. The molecule has 4 rings (SSSR count). The molecule has 2 N–H and O–H groups in total. The van der Waals surface area contributed by atoms with E-state index < -0.39 is 18.1 Å². The van der Waals surface area contributed by atoms with E-state index in [1.54, 1.807) is 45.2 Å². The van der Waals surface area contributed by atoms with Crippen LogP contribution in [0.4, 0.5) is 0 Å². The van der Waals surface area contributed by atoms with Crippen LogP contribution in [-0.2, 0) is 29.1 Å². The molecule has 0 saturated heterocycles. The lowest BCUT2D eigenvalue weighted by Gasteiger charge is -2.28. The number of hydrogen-bond acceptors (Lipinski definition) is 8. The number of esters is 1. The number of aryl methyl sites for hydroxylation is 1. The molecule has 2 atom stereocenters. The van der Waals surface area contributed by atoms with Crippen molar-refractivity contribution in [2.24, 2.45) is 0 Å². The molecule has 0 amide bonds. The largest absolute Gasteiger partial charge is 0.488 e. The lowest BCUT2D eigenvalue weighted by atomic mass is 10.0. The Morgan fingerprint density at radius 3 is 2.80 bits per heavy atom. The molecule has 9 heteroatoms. The maximum atomic E-state index is 12.7. The second-order valence-corrected chi connectivity index (χ2v) is 10.9. The molecular formula is C31H34ClN3O5. The third-order valence-corrected chi connectivity index (χ3v) is 7.23. The molecule has 0 radical (unpaired) electrons. The van der Waals surface area contributed by atoms with Crippen LogP contribution in [-0.4, -0.2) is 34.3 Å². The van der Waals surface area contributed by atoms with Gasteiger partial charge in [0, 0.05) is 36.1 Å². The third-order valence-electron chi connectivity index (χ3n) is 6.93. The molecule has 0 saturated carbocycles. The average molecular weight is 564 g/mol. The Hall–Kier alpha value is -3.64. The van der Waals surface area contributed by atoms with Crippen molar-refractivity contribution in [1.82, 2.24) is 10.3 Å². The average Bonchev–Trinajstić information content (AvgIpc) is 3.35. The highest BCUT2D eigenvalue weighted by atomic mass is 35.5. The van der Waals surface area contributed by atoms with E-state index in [-0.39, 0.29) is 25.4 Å². The quantitative estimate of drug-likeness (QED) is 0.300. The van der Waals surface area contributed by atoms with E-state index in [4.69, 9.17) is 25.8 Å². The summed E-state index contributed by atoms with van der Waals surface area (Å²) in [4.78, 5) is 16.8. The van der Waals surface area contributed by atoms with Gasteiger partial charge in [-0.3, -0.25) is 10.3 Å². The molecule has 8 nitrogen and oxygen atoms in total. The number of carbonyl (C=O) groups excluding carboxylic acids is 1. The SMILES string of the molecule is Cc1cccc2c1CC[C@@H]2Oc1cc(OCc2cncc(C#N)c2)c(CN[C@@](C)(CO)C(=O)OC(C)C)cc1Cl. The summed E-state index contributed by atoms with van der Waals surface area (Å²) in [6, 6.07) is 13.5. The third kappa shape index (κ3) is 6.73. The number of aliphatic hydroxyl groups excluding tert-OH is 1. The minimum Gasteiger partial charge on any atom is -0.488 e. The predicted molar refractivity (Wildman–Crippen MR) is 151 cm³/mol. The molecule has 2 aromatic carbocycles. The smallest absolute Gasteiger partial charge is 0.328 e. The summed E-state index contributed by atoms with van der Waals surface area (Å²) < 4.78 is 17.9. The van der Waals surface area contributed by atoms with Gasteiger partial charge in [-0.25, -0.2) is 4.79 Å². The summed E-state index contributed by atoms with van der Waals surface area (Å²) in [5, 5.41) is 22.7. The monoisotopic (exact) mass is 563 g/mol. The fourth-order valence-electron chi connectivity index (χ4n) is 4.63. The fourth-order valence-corrected chi connectivity index (χ4v) is 4.86. The number of rotatable bonds is 11. The number of benzene rings is 2. The number of aliphatic hydroxyl groups is 1. The van der Waals surface area contributed by atoms with Crippen LogP contribution in [0.2, 0.25) is 5.02 Å². The van der Waals surface area contributed by atoms with Gasteiger partial charge in [-0.2, -0.15) is 5.26 Å². The maximum absolute atomic E-state index is 12.7. The van der Waals surface area contributed by atoms with Crippen molar-refractivity contribution in [2.75, 3.05) is 6.61 Å². The lowest BCUT2D eigenvalue weighted by Crippen LogP contribution is -2.53. The molecule has 210 valence electrons. The van der Waals surface area contributed by atoms with Crippen LogP contribution >= 0.6 is 11.6 Å². The van der Waals surface area contributed by atoms with Crippen molar-refractivity contribution in [3.63, 3.8) is 0 Å². The summed E-state index contributed by atoms with van der Waals surface area (Å²) >= 11 is 6.71. The first-order valence-electron chi connectivity index (χ1n) is 13.2. The molecule has 1 aromatic heterocycles. The van der Waals surface area contributed by atoms with Gasteiger partial charge in [-0.1, -0.05) is 29.8 Å². The molecule has 1 heterocycles. The first kappa shape index (κ1) is 29.3. The number of carbonyl (C=O) groups is 1. The number of nitriles is 1. The van der Waals surface area contributed by atoms with Gasteiger partial charge in [0.25, 0.3) is 0 Å². The molecule has 0 fully saturated rings. The van der Waals surface area contributed by atoms with Crippen LogP contribution in [0.15, 0.2) is 48.8 Å². The highest BCUT2D eigenvalue weighted by molar-refractivity contribution is 6.32. The number of pyridine rings is 1. The van der Waals surface area contributed by atoms with Crippen LogP contribution in [0.1, 0.15) is 66.7 Å². The molecule has 0 spiro atoms. The zero-order valence-electron chi connectivity index (χ0n) is 23.2. The molecule has 1 aliphatic rings. The van der Waals surface area contributed by atoms with Gasteiger partial charge in [-0.05, 0) is 69.4 Å².